The largest absolute Gasteiger partial charge is 0.396 e. The zero-order chi connectivity index (χ0) is 19.6. The molecule has 0 bridgehead atoms. The summed E-state index contributed by atoms with van der Waals surface area (Å²) in [6.45, 7) is 6.04. The Hall–Kier alpha value is -2.90. The first-order valence-electron chi connectivity index (χ1n) is 10.1. The molecule has 150 valence electrons. The molecular formula is C22H25N5O2. The lowest BCUT2D eigenvalue weighted by Crippen LogP contribution is -2.37. The first kappa shape index (κ1) is 18.1. The Labute approximate surface area is 170 Å². The summed E-state index contributed by atoms with van der Waals surface area (Å²) in [6.07, 6.45) is 0. The monoisotopic (exact) mass is 391 g/mol. The average molecular weight is 391 g/mol. The van der Waals surface area contributed by atoms with E-state index in [1.54, 1.807) is 0 Å². The fourth-order valence-electron chi connectivity index (χ4n) is 3.98. The highest BCUT2D eigenvalue weighted by Gasteiger charge is 2.21. The van der Waals surface area contributed by atoms with Crippen molar-refractivity contribution in [2.45, 2.75) is 0 Å². The molecule has 4 heterocycles. The lowest BCUT2D eigenvalue weighted by molar-refractivity contribution is 0.122. The molecule has 0 amide bonds. The third-order valence-corrected chi connectivity index (χ3v) is 5.50. The van der Waals surface area contributed by atoms with Crippen LogP contribution in [0.2, 0.25) is 0 Å². The van der Waals surface area contributed by atoms with Crippen molar-refractivity contribution in [1.29, 1.82) is 0 Å². The van der Waals surface area contributed by atoms with Gasteiger partial charge in [-0.15, -0.1) is 0 Å². The third kappa shape index (κ3) is 3.59. The van der Waals surface area contributed by atoms with Crippen LogP contribution in [0.25, 0.3) is 22.2 Å². The van der Waals surface area contributed by atoms with Gasteiger partial charge in [0.2, 0.25) is 0 Å². The van der Waals surface area contributed by atoms with Crippen LogP contribution in [0.4, 0.5) is 17.3 Å². The number of hydrogen-bond acceptors (Lipinski definition) is 7. The standard InChI is InChI=1S/C22H25N5O2/c23-19-15-17-14-18(16-4-2-1-3-5-16)21(26-6-10-28-11-7-26)24-20(17)25-22(19)27-8-12-29-13-9-27/h1-5,14-15H,6-13,23H2. The summed E-state index contributed by atoms with van der Waals surface area (Å²) in [5.41, 5.74) is 10.0. The number of nitrogen functional groups attached to an aromatic ring is 1. The fourth-order valence-corrected chi connectivity index (χ4v) is 3.98. The van der Waals surface area contributed by atoms with Crippen LogP contribution in [-0.4, -0.2) is 62.6 Å². The molecule has 0 aliphatic carbocycles. The summed E-state index contributed by atoms with van der Waals surface area (Å²) >= 11 is 0. The molecule has 2 aliphatic heterocycles. The highest BCUT2D eigenvalue weighted by molar-refractivity contribution is 5.91. The second-order valence-electron chi connectivity index (χ2n) is 7.37. The Kier molecular flexibility index (Phi) is 4.91. The van der Waals surface area contributed by atoms with Crippen molar-refractivity contribution in [3.8, 4) is 11.1 Å². The quantitative estimate of drug-likeness (QED) is 0.735. The van der Waals surface area contributed by atoms with Crippen LogP contribution < -0.4 is 15.5 Å². The number of fused-ring (bicyclic) bond motifs is 1. The Balaban J connectivity index is 1.65. The number of nitrogens with zero attached hydrogens (tertiary/aromatic N) is 4. The predicted molar refractivity (Wildman–Crippen MR) is 115 cm³/mol. The summed E-state index contributed by atoms with van der Waals surface area (Å²) < 4.78 is 11.0. The maximum atomic E-state index is 6.39. The van der Waals surface area contributed by atoms with E-state index < -0.39 is 0 Å². The number of nitrogens with two attached hydrogens (primary N) is 1. The van der Waals surface area contributed by atoms with Gasteiger partial charge in [-0.2, -0.15) is 0 Å². The Morgan fingerprint density at radius 2 is 1.34 bits per heavy atom. The van der Waals surface area contributed by atoms with E-state index in [1.807, 2.05) is 12.1 Å². The van der Waals surface area contributed by atoms with Gasteiger partial charge in [-0.05, 0) is 17.7 Å². The Morgan fingerprint density at radius 1 is 0.759 bits per heavy atom. The zero-order valence-electron chi connectivity index (χ0n) is 16.4. The van der Waals surface area contributed by atoms with E-state index in [1.165, 1.54) is 0 Å². The van der Waals surface area contributed by atoms with E-state index in [4.69, 9.17) is 25.2 Å². The summed E-state index contributed by atoms with van der Waals surface area (Å²) in [6, 6.07) is 14.5. The van der Waals surface area contributed by atoms with Gasteiger partial charge in [-0.3, -0.25) is 0 Å². The van der Waals surface area contributed by atoms with Gasteiger partial charge in [0.1, 0.15) is 5.82 Å². The number of ether oxygens (including phenoxy) is 2. The van der Waals surface area contributed by atoms with Crippen molar-refractivity contribution in [3.63, 3.8) is 0 Å². The second kappa shape index (κ2) is 7.85. The Morgan fingerprint density at radius 3 is 2.00 bits per heavy atom. The van der Waals surface area contributed by atoms with Gasteiger partial charge in [-0.25, -0.2) is 9.97 Å². The van der Waals surface area contributed by atoms with Gasteiger partial charge in [0.25, 0.3) is 0 Å². The van der Waals surface area contributed by atoms with E-state index in [0.717, 1.165) is 60.0 Å². The van der Waals surface area contributed by atoms with Crippen LogP contribution in [-0.2, 0) is 9.47 Å². The number of benzene rings is 1. The van der Waals surface area contributed by atoms with E-state index in [9.17, 15) is 0 Å². The average Bonchev–Trinajstić information content (AvgIpc) is 2.79. The summed E-state index contributed by atoms with van der Waals surface area (Å²) in [7, 11) is 0. The van der Waals surface area contributed by atoms with E-state index in [2.05, 4.69) is 40.1 Å². The zero-order valence-corrected chi connectivity index (χ0v) is 16.4. The molecule has 0 spiro atoms. The SMILES string of the molecule is Nc1cc2cc(-c3ccccc3)c(N3CCOCC3)nc2nc1N1CCOCC1. The number of rotatable bonds is 3. The van der Waals surface area contributed by atoms with Crippen molar-refractivity contribution in [2.75, 3.05) is 68.1 Å². The molecule has 7 nitrogen and oxygen atoms in total. The fraction of sp³-hybridized carbons (Fsp3) is 0.364. The van der Waals surface area contributed by atoms with Gasteiger partial charge in [0.15, 0.2) is 11.5 Å². The van der Waals surface area contributed by atoms with Crippen LogP contribution in [0.3, 0.4) is 0 Å². The minimum absolute atomic E-state index is 0.680. The van der Waals surface area contributed by atoms with Crippen LogP contribution in [0, 0.1) is 0 Å². The van der Waals surface area contributed by atoms with Crippen molar-refractivity contribution in [2.24, 2.45) is 0 Å². The van der Waals surface area contributed by atoms with Crippen LogP contribution >= 0.6 is 0 Å². The molecule has 2 N–H and O–H groups in total. The van der Waals surface area contributed by atoms with Crippen molar-refractivity contribution < 1.29 is 9.47 Å². The smallest absolute Gasteiger partial charge is 0.164 e. The molecule has 5 rings (SSSR count). The predicted octanol–water partition coefficient (Wildman–Crippen LogP) is 2.55. The van der Waals surface area contributed by atoms with Crippen molar-refractivity contribution in [3.05, 3.63) is 42.5 Å². The summed E-state index contributed by atoms with van der Waals surface area (Å²) in [5, 5.41) is 0.954. The normalized spacial score (nSPS) is 17.7. The first-order valence-corrected chi connectivity index (χ1v) is 10.1. The van der Waals surface area contributed by atoms with Crippen molar-refractivity contribution >= 4 is 28.4 Å². The number of hydrogen-bond donors (Lipinski definition) is 1. The van der Waals surface area contributed by atoms with Gasteiger partial charge in [0.05, 0.1) is 32.1 Å². The lowest BCUT2D eigenvalue weighted by Gasteiger charge is -2.30. The first-order chi connectivity index (χ1) is 14.3. The number of morpholine rings is 2. The van der Waals surface area contributed by atoms with E-state index >= 15 is 0 Å². The van der Waals surface area contributed by atoms with Gasteiger partial charge in [0, 0.05) is 37.1 Å². The van der Waals surface area contributed by atoms with Gasteiger partial charge < -0.3 is 25.0 Å². The van der Waals surface area contributed by atoms with Crippen LogP contribution in [0.15, 0.2) is 42.5 Å². The maximum absolute atomic E-state index is 6.39. The summed E-state index contributed by atoms with van der Waals surface area (Å²) in [5.74, 6) is 1.76. The molecule has 0 unspecified atom stereocenters. The highest BCUT2D eigenvalue weighted by atomic mass is 16.5. The minimum Gasteiger partial charge on any atom is -0.396 e. The number of anilines is 3. The van der Waals surface area contributed by atoms with Gasteiger partial charge in [-0.1, -0.05) is 30.3 Å². The molecular weight excluding hydrogens is 366 g/mol. The van der Waals surface area contributed by atoms with Gasteiger partial charge >= 0.3 is 0 Å². The van der Waals surface area contributed by atoms with Crippen LogP contribution in [0.5, 0.6) is 0 Å². The molecule has 3 aromatic rings. The molecule has 0 radical (unpaired) electrons. The second-order valence-corrected chi connectivity index (χ2v) is 7.37. The topological polar surface area (TPSA) is 76.7 Å². The molecule has 2 saturated heterocycles. The van der Waals surface area contributed by atoms with E-state index in [-0.39, 0.29) is 0 Å². The van der Waals surface area contributed by atoms with Crippen molar-refractivity contribution in [1.82, 2.24) is 9.97 Å². The minimum atomic E-state index is 0.680. The van der Waals surface area contributed by atoms with E-state index in [0.29, 0.717) is 32.1 Å². The molecule has 2 aliphatic rings. The summed E-state index contributed by atoms with van der Waals surface area (Å²) in [4.78, 5) is 14.4. The maximum Gasteiger partial charge on any atom is 0.164 e. The molecule has 2 fully saturated rings. The molecule has 2 aromatic heterocycles. The molecule has 1 aromatic carbocycles. The molecule has 7 heteroatoms. The Bertz CT molecular complexity index is 999. The number of aromatic nitrogens is 2. The molecule has 0 saturated carbocycles. The molecule has 0 atom stereocenters. The highest BCUT2D eigenvalue weighted by Crippen LogP contribution is 2.34. The lowest BCUT2D eigenvalue weighted by atomic mass is 10.0. The molecule has 29 heavy (non-hydrogen) atoms. The van der Waals surface area contributed by atoms with Crippen LogP contribution in [0.1, 0.15) is 0 Å². The number of pyridine rings is 2. The third-order valence-electron chi connectivity index (χ3n) is 5.50.